The molecule has 0 aliphatic rings. The number of aromatic nitrogens is 1. The standard InChI is InChI=1S/C14H14N2O/c1-10-8-12-9-11(4-2-3-7-15)5-6-13(12)16-14(10)17/h5-6,8-9H,2-4H2,1H3,(H,16,17). The second kappa shape index (κ2) is 4.84. The minimum absolute atomic E-state index is 0.0327. The summed E-state index contributed by atoms with van der Waals surface area (Å²) in [4.78, 5) is 14.3. The van der Waals surface area contributed by atoms with E-state index in [1.807, 2.05) is 18.2 Å². The van der Waals surface area contributed by atoms with Gasteiger partial charge in [0.1, 0.15) is 0 Å². The molecule has 0 aliphatic carbocycles. The van der Waals surface area contributed by atoms with Crippen LogP contribution >= 0.6 is 0 Å². The lowest BCUT2D eigenvalue weighted by molar-refractivity contribution is 0.851. The summed E-state index contributed by atoms with van der Waals surface area (Å²) in [6.07, 6.45) is 2.37. The van der Waals surface area contributed by atoms with Crippen LogP contribution in [0.1, 0.15) is 24.0 Å². The third-order valence-electron chi connectivity index (χ3n) is 2.85. The Hall–Kier alpha value is -2.08. The van der Waals surface area contributed by atoms with Gasteiger partial charge < -0.3 is 4.98 Å². The van der Waals surface area contributed by atoms with Gasteiger partial charge in [-0.15, -0.1) is 0 Å². The van der Waals surface area contributed by atoms with Crippen molar-refractivity contribution in [1.29, 1.82) is 5.26 Å². The van der Waals surface area contributed by atoms with E-state index in [1.54, 1.807) is 6.92 Å². The zero-order chi connectivity index (χ0) is 12.3. The van der Waals surface area contributed by atoms with E-state index in [1.165, 1.54) is 5.56 Å². The van der Waals surface area contributed by atoms with Gasteiger partial charge in [-0.3, -0.25) is 4.79 Å². The van der Waals surface area contributed by atoms with E-state index in [0.29, 0.717) is 6.42 Å². The van der Waals surface area contributed by atoms with Crippen LogP contribution < -0.4 is 5.56 Å². The van der Waals surface area contributed by atoms with Crippen LogP contribution in [-0.2, 0) is 6.42 Å². The van der Waals surface area contributed by atoms with Gasteiger partial charge in [-0.2, -0.15) is 5.26 Å². The number of hydrogen-bond donors (Lipinski definition) is 1. The number of fused-ring (bicyclic) bond motifs is 1. The number of nitrogens with one attached hydrogen (secondary N) is 1. The Morgan fingerprint density at radius 1 is 1.35 bits per heavy atom. The number of aromatic amines is 1. The lowest BCUT2D eigenvalue weighted by Crippen LogP contribution is -2.08. The Bertz CT molecular complexity index is 635. The number of unbranched alkanes of at least 4 members (excludes halogenated alkanes) is 1. The van der Waals surface area contributed by atoms with Gasteiger partial charge in [0, 0.05) is 17.5 Å². The predicted molar refractivity (Wildman–Crippen MR) is 67.9 cm³/mol. The molecule has 0 aliphatic heterocycles. The summed E-state index contributed by atoms with van der Waals surface area (Å²) in [6, 6.07) is 10.1. The Balaban J connectivity index is 2.34. The highest BCUT2D eigenvalue weighted by atomic mass is 16.1. The number of nitrogens with zero attached hydrogens (tertiary/aromatic N) is 1. The topological polar surface area (TPSA) is 56.6 Å². The van der Waals surface area contributed by atoms with Gasteiger partial charge in [-0.25, -0.2) is 0 Å². The average Bonchev–Trinajstić information content (AvgIpc) is 2.31. The molecule has 3 nitrogen and oxygen atoms in total. The Morgan fingerprint density at radius 2 is 2.18 bits per heavy atom. The van der Waals surface area contributed by atoms with E-state index >= 15 is 0 Å². The van der Waals surface area contributed by atoms with Crippen LogP contribution in [0.15, 0.2) is 29.1 Å². The quantitative estimate of drug-likeness (QED) is 0.818. The van der Waals surface area contributed by atoms with Crippen LogP contribution in [0.25, 0.3) is 10.9 Å². The summed E-state index contributed by atoms with van der Waals surface area (Å²) >= 11 is 0. The molecule has 0 atom stereocenters. The molecular weight excluding hydrogens is 212 g/mol. The van der Waals surface area contributed by atoms with Crippen molar-refractivity contribution in [2.75, 3.05) is 0 Å². The molecule has 0 bridgehead atoms. The number of rotatable bonds is 3. The largest absolute Gasteiger partial charge is 0.322 e. The summed E-state index contributed by atoms with van der Waals surface area (Å²) < 4.78 is 0. The second-order valence-electron chi connectivity index (χ2n) is 4.21. The molecule has 0 fully saturated rings. The van der Waals surface area contributed by atoms with Crippen LogP contribution in [0.5, 0.6) is 0 Å². The maximum atomic E-state index is 11.4. The van der Waals surface area contributed by atoms with Crippen molar-refractivity contribution < 1.29 is 0 Å². The molecular formula is C14H14N2O. The van der Waals surface area contributed by atoms with Gasteiger partial charge in [-0.1, -0.05) is 6.07 Å². The van der Waals surface area contributed by atoms with E-state index < -0.39 is 0 Å². The zero-order valence-electron chi connectivity index (χ0n) is 9.79. The molecule has 2 aromatic rings. The molecule has 1 aromatic heterocycles. The fourth-order valence-corrected chi connectivity index (χ4v) is 1.89. The van der Waals surface area contributed by atoms with Gasteiger partial charge in [0.15, 0.2) is 0 Å². The van der Waals surface area contributed by atoms with Crippen molar-refractivity contribution in [2.45, 2.75) is 26.2 Å². The second-order valence-corrected chi connectivity index (χ2v) is 4.21. The average molecular weight is 226 g/mol. The lowest BCUT2D eigenvalue weighted by atomic mass is 10.0. The molecule has 1 heterocycles. The fourth-order valence-electron chi connectivity index (χ4n) is 1.89. The SMILES string of the molecule is Cc1cc2cc(CCCC#N)ccc2[nH]c1=O. The first-order chi connectivity index (χ1) is 8.20. The smallest absolute Gasteiger partial charge is 0.251 e. The lowest BCUT2D eigenvalue weighted by Gasteiger charge is -2.03. The summed E-state index contributed by atoms with van der Waals surface area (Å²) in [5.74, 6) is 0. The van der Waals surface area contributed by atoms with E-state index in [-0.39, 0.29) is 5.56 Å². The molecule has 0 saturated heterocycles. The molecule has 0 amide bonds. The fraction of sp³-hybridized carbons (Fsp3) is 0.286. The van der Waals surface area contributed by atoms with Crippen molar-refractivity contribution in [3.63, 3.8) is 0 Å². The minimum Gasteiger partial charge on any atom is -0.322 e. The van der Waals surface area contributed by atoms with Crippen LogP contribution in [0, 0.1) is 18.3 Å². The van der Waals surface area contributed by atoms with Crippen molar-refractivity contribution in [3.8, 4) is 6.07 Å². The third-order valence-corrected chi connectivity index (χ3v) is 2.85. The Labute approximate surface area is 99.7 Å². The highest BCUT2D eigenvalue weighted by Crippen LogP contribution is 2.15. The number of H-pyrrole nitrogens is 1. The van der Waals surface area contributed by atoms with E-state index in [2.05, 4.69) is 17.1 Å². The summed E-state index contributed by atoms with van der Waals surface area (Å²) in [6.45, 7) is 1.81. The zero-order valence-corrected chi connectivity index (χ0v) is 9.79. The number of nitriles is 1. The maximum Gasteiger partial charge on any atom is 0.251 e. The van der Waals surface area contributed by atoms with Crippen molar-refractivity contribution in [3.05, 3.63) is 45.7 Å². The molecule has 3 heteroatoms. The van der Waals surface area contributed by atoms with Gasteiger partial charge in [0.05, 0.1) is 6.07 Å². The third kappa shape index (κ3) is 2.54. The van der Waals surface area contributed by atoms with E-state index in [9.17, 15) is 4.79 Å². The first kappa shape index (κ1) is 11.4. The van der Waals surface area contributed by atoms with Gasteiger partial charge in [0.25, 0.3) is 5.56 Å². The summed E-state index contributed by atoms with van der Waals surface area (Å²) in [5, 5.41) is 9.55. The molecule has 17 heavy (non-hydrogen) atoms. The Kier molecular flexibility index (Phi) is 3.24. The number of hydrogen-bond acceptors (Lipinski definition) is 2. The van der Waals surface area contributed by atoms with Gasteiger partial charge >= 0.3 is 0 Å². The van der Waals surface area contributed by atoms with Crippen LogP contribution in [-0.4, -0.2) is 4.98 Å². The molecule has 86 valence electrons. The van der Waals surface area contributed by atoms with E-state index in [0.717, 1.165) is 29.3 Å². The first-order valence-corrected chi connectivity index (χ1v) is 5.70. The van der Waals surface area contributed by atoms with E-state index in [4.69, 9.17) is 5.26 Å². The summed E-state index contributed by atoms with van der Waals surface area (Å²) in [5.41, 5.74) is 2.77. The van der Waals surface area contributed by atoms with Gasteiger partial charge in [-0.05, 0) is 48.9 Å². The van der Waals surface area contributed by atoms with Crippen LogP contribution in [0.4, 0.5) is 0 Å². The molecule has 0 saturated carbocycles. The van der Waals surface area contributed by atoms with Crippen molar-refractivity contribution >= 4 is 10.9 Å². The van der Waals surface area contributed by atoms with Crippen LogP contribution in [0.2, 0.25) is 0 Å². The first-order valence-electron chi connectivity index (χ1n) is 5.70. The highest BCUT2D eigenvalue weighted by molar-refractivity contribution is 5.79. The highest BCUT2D eigenvalue weighted by Gasteiger charge is 2.00. The maximum absolute atomic E-state index is 11.4. The number of benzene rings is 1. The normalized spacial score (nSPS) is 10.4. The molecule has 1 aromatic carbocycles. The molecule has 2 rings (SSSR count). The number of aryl methyl sites for hydroxylation is 2. The minimum atomic E-state index is -0.0327. The van der Waals surface area contributed by atoms with Crippen molar-refractivity contribution in [2.24, 2.45) is 0 Å². The summed E-state index contributed by atoms with van der Waals surface area (Å²) in [7, 11) is 0. The monoisotopic (exact) mass is 226 g/mol. The molecule has 0 unspecified atom stereocenters. The Morgan fingerprint density at radius 3 is 2.94 bits per heavy atom. The van der Waals surface area contributed by atoms with Crippen molar-refractivity contribution in [1.82, 2.24) is 4.98 Å². The molecule has 0 radical (unpaired) electrons. The van der Waals surface area contributed by atoms with Crippen LogP contribution in [0.3, 0.4) is 0 Å². The molecule has 0 spiro atoms. The van der Waals surface area contributed by atoms with Gasteiger partial charge in [0.2, 0.25) is 0 Å². The number of pyridine rings is 1. The predicted octanol–water partition coefficient (Wildman–Crippen LogP) is 2.68. The molecule has 1 N–H and O–H groups in total.